The van der Waals surface area contributed by atoms with Gasteiger partial charge in [-0.15, -0.1) is 0 Å². The lowest BCUT2D eigenvalue weighted by molar-refractivity contribution is -0.728. The minimum absolute atomic E-state index is 0.0560. The number of aryl methyl sites for hydroxylation is 1. The van der Waals surface area contributed by atoms with Crippen LogP contribution in [0.15, 0.2) is 67.3 Å². The maximum atomic E-state index is 4.24. The minimum atomic E-state index is -0.206. The van der Waals surface area contributed by atoms with Crippen LogP contribution in [0.1, 0.15) is 31.9 Å². The van der Waals surface area contributed by atoms with Gasteiger partial charge in [0.2, 0.25) is 11.2 Å². The molecule has 1 aromatic heterocycles. The van der Waals surface area contributed by atoms with Gasteiger partial charge < -0.3 is 0 Å². The average Bonchev–Trinajstić information content (AvgIpc) is 2.59. The van der Waals surface area contributed by atoms with Crippen LogP contribution in [-0.4, -0.2) is 0 Å². The lowest BCUT2D eigenvalue weighted by Gasteiger charge is -2.43. The number of para-hydroxylation sites is 1. The fourth-order valence-corrected chi connectivity index (χ4v) is 4.36. The third-order valence-corrected chi connectivity index (χ3v) is 6.13. The Morgan fingerprint density at radius 3 is 2.38 bits per heavy atom. The largest absolute Gasteiger partial charge is 0.216 e. The maximum absolute atomic E-state index is 4.24. The SMILES string of the molecule is C=CC1(C)[n+]2c(c(C)cc3ccccc32)-c2ccccc2C1(C)C. The molecule has 0 fully saturated rings. The highest BCUT2D eigenvalue weighted by molar-refractivity contribution is 5.81. The van der Waals surface area contributed by atoms with Gasteiger partial charge in [0.25, 0.3) is 0 Å². The molecule has 4 rings (SSSR count). The first kappa shape index (κ1) is 15.1. The Bertz CT molecular complexity index is 980. The second-order valence-corrected chi connectivity index (χ2v) is 7.59. The Hall–Kier alpha value is -2.41. The minimum Gasteiger partial charge on any atom is -0.181 e. The van der Waals surface area contributed by atoms with Crippen LogP contribution in [-0.2, 0) is 11.0 Å². The summed E-state index contributed by atoms with van der Waals surface area (Å²) in [4.78, 5) is 0. The maximum Gasteiger partial charge on any atom is 0.216 e. The molecule has 0 aliphatic carbocycles. The molecule has 1 atom stereocenters. The van der Waals surface area contributed by atoms with Gasteiger partial charge in [-0.05, 0) is 50.6 Å². The average molecular weight is 314 g/mol. The van der Waals surface area contributed by atoms with Gasteiger partial charge in [-0.2, -0.15) is 4.57 Å². The monoisotopic (exact) mass is 314 g/mol. The molecule has 2 heterocycles. The van der Waals surface area contributed by atoms with Gasteiger partial charge in [0.1, 0.15) is 0 Å². The summed E-state index contributed by atoms with van der Waals surface area (Å²) in [5.41, 5.74) is 6.36. The first-order valence-electron chi connectivity index (χ1n) is 8.60. The molecule has 1 nitrogen and oxygen atoms in total. The highest BCUT2D eigenvalue weighted by Gasteiger charge is 2.55. The quantitative estimate of drug-likeness (QED) is 0.424. The van der Waals surface area contributed by atoms with Gasteiger partial charge in [-0.25, -0.2) is 0 Å². The van der Waals surface area contributed by atoms with Crippen molar-refractivity contribution in [2.45, 2.75) is 38.6 Å². The molecule has 0 spiro atoms. The van der Waals surface area contributed by atoms with E-state index in [1.165, 1.54) is 33.3 Å². The van der Waals surface area contributed by atoms with Crippen LogP contribution < -0.4 is 4.57 Å². The van der Waals surface area contributed by atoms with E-state index < -0.39 is 0 Å². The number of fused-ring (bicyclic) bond motifs is 5. The van der Waals surface area contributed by atoms with Crippen molar-refractivity contribution in [1.29, 1.82) is 0 Å². The molecular formula is C23H24N+. The van der Waals surface area contributed by atoms with Crippen LogP contribution in [0.25, 0.3) is 22.2 Å². The molecule has 0 radical (unpaired) electrons. The lowest BCUT2D eigenvalue weighted by atomic mass is 9.64. The van der Waals surface area contributed by atoms with Gasteiger partial charge in [0, 0.05) is 23.9 Å². The van der Waals surface area contributed by atoms with E-state index in [1.54, 1.807) is 0 Å². The molecule has 1 aliphatic heterocycles. The number of aromatic nitrogens is 1. The molecule has 24 heavy (non-hydrogen) atoms. The molecule has 1 unspecified atom stereocenters. The second kappa shape index (κ2) is 4.80. The normalized spacial score (nSPS) is 21.2. The summed E-state index contributed by atoms with van der Waals surface area (Å²) >= 11 is 0. The summed E-state index contributed by atoms with van der Waals surface area (Å²) < 4.78 is 2.51. The number of allylic oxidation sites excluding steroid dienone is 1. The molecule has 0 amide bonds. The molecule has 2 aromatic carbocycles. The Balaban J connectivity index is 2.29. The Morgan fingerprint density at radius 2 is 1.62 bits per heavy atom. The smallest absolute Gasteiger partial charge is 0.181 e. The number of pyridine rings is 1. The van der Waals surface area contributed by atoms with E-state index in [2.05, 4.69) is 99.5 Å². The van der Waals surface area contributed by atoms with Gasteiger partial charge in [0.15, 0.2) is 5.54 Å². The highest BCUT2D eigenvalue weighted by atomic mass is 15.1. The molecule has 0 saturated carbocycles. The van der Waals surface area contributed by atoms with E-state index in [4.69, 9.17) is 0 Å². The molecule has 1 heteroatoms. The van der Waals surface area contributed by atoms with Crippen molar-refractivity contribution in [2.24, 2.45) is 0 Å². The van der Waals surface area contributed by atoms with Crippen LogP contribution in [0, 0.1) is 6.92 Å². The van der Waals surface area contributed by atoms with Crippen molar-refractivity contribution in [1.82, 2.24) is 0 Å². The first-order chi connectivity index (χ1) is 11.4. The van der Waals surface area contributed by atoms with Crippen LogP contribution >= 0.6 is 0 Å². The summed E-state index contributed by atoms with van der Waals surface area (Å²) in [5, 5.41) is 1.28. The zero-order valence-corrected chi connectivity index (χ0v) is 14.9. The van der Waals surface area contributed by atoms with Crippen molar-refractivity contribution in [3.05, 3.63) is 78.4 Å². The van der Waals surface area contributed by atoms with Gasteiger partial charge in [-0.1, -0.05) is 36.9 Å². The second-order valence-electron chi connectivity index (χ2n) is 7.59. The Kier molecular flexibility index (Phi) is 3.02. The molecule has 0 N–H and O–H groups in total. The zero-order chi connectivity index (χ0) is 17.1. The van der Waals surface area contributed by atoms with E-state index in [0.29, 0.717) is 0 Å². The van der Waals surface area contributed by atoms with Crippen molar-refractivity contribution in [3.63, 3.8) is 0 Å². The summed E-state index contributed by atoms with van der Waals surface area (Å²) in [6.07, 6.45) is 2.12. The van der Waals surface area contributed by atoms with Crippen LogP contribution in [0.3, 0.4) is 0 Å². The number of rotatable bonds is 1. The first-order valence-corrected chi connectivity index (χ1v) is 8.60. The summed E-state index contributed by atoms with van der Waals surface area (Å²) in [7, 11) is 0. The molecule has 0 saturated heterocycles. The van der Waals surface area contributed by atoms with Crippen LogP contribution in [0.2, 0.25) is 0 Å². The van der Waals surface area contributed by atoms with Gasteiger partial charge in [-0.3, -0.25) is 0 Å². The standard InChI is InChI=1S/C23H24N/c1-6-23(5)22(3,4)19-13-9-8-12-18(19)21-16(2)15-17-11-7-10-14-20(17)24(21)23/h6-15H,1H2,2-5H3/q+1. The van der Waals surface area contributed by atoms with Gasteiger partial charge >= 0.3 is 0 Å². The zero-order valence-electron chi connectivity index (χ0n) is 14.9. The topological polar surface area (TPSA) is 3.88 Å². The third kappa shape index (κ3) is 1.67. The molecule has 120 valence electrons. The number of hydrogen-bond acceptors (Lipinski definition) is 0. The fraction of sp³-hybridized carbons (Fsp3) is 0.261. The van der Waals surface area contributed by atoms with E-state index in [1.807, 2.05) is 0 Å². The van der Waals surface area contributed by atoms with Gasteiger partial charge in [0.05, 0.1) is 11.0 Å². The van der Waals surface area contributed by atoms with Crippen molar-refractivity contribution >= 4 is 10.9 Å². The summed E-state index contributed by atoms with van der Waals surface area (Å²) in [6.45, 7) is 13.4. The summed E-state index contributed by atoms with van der Waals surface area (Å²) in [6, 6.07) is 19.8. The molecule has 3 aromatic rings. The predicted molar refractivity (Wildman–Crippen MR) is 101 cm³/mol. The van der Waals surface area contributed by atoms with Crippen molar-refractivity contribution in [2.75, 3.05) is 0 Å². The number of hydrogen-bond donors (Lipinski definition) is 0. The Morgan fingerprint density at radius 1 is 0.958 bits per heavy atom. The Labute approximate surface area is 144 Å². The van der Waals surface area contributed by atoms with Crippen molar-refractivity contribution in [3.8, 4) is 11.3 Å². The van der Waals surface area contributed by atoms with E-state index in [9.17, 15) is 0 Å². The number of benzene rings is 2. The third-order valence-electron chi connectivity index (χ3n) is 6.13. The molecule has 1 aliphatic rings. The van der Waals surface area contributed by atoms with E-state index in [-0.39, 0.29) is 11.0 Å². The lowest BCUT2D eigenvalue weighted by Crippen LogP contribution is -2.66. The molecular weight excluding hydrogens is 290 g/mol. The number of nitrogens with zero attached hydrogens (tertiary/aromatic N) is 1. The predicted octanol–water partition coefficient (Wildman–Crippen LogP) is 5.30. The summed E-state index contributed by atoms with van der Waals surface area (Å²) in [5.74, 6) is 0. The molecule has 0 bridgehead atoms. The van der Waals surface area contributed by atoms with E-state index >= 15 is 0 Å². The fourth-order valence-electron chi connectivity index (χ4n) is 4.36. The highest BCUT2D eigenvalue weighted by Crippen LogP contribution is 2.47. The van der Waals surface area contributed by atoms with Crippen molar-refractivity contribution < 1.29 is 4.57 Å². The van der Waals surface area contributed by atoms with E-state index in [0.717, 1.165) is 0 Å². The van der Waals surface area contributed by atoms with Crippen LogP contribution in [0.5, 0.6) is 0 Å². The van der Waals surface area contributed by atoms with Crippen LogP contribution in [0.4, 0.5) is 0 Å².